The van der Waals surface area contributed by atoms with E-state index in [-0.39, 0.29) is 12.5 Å². The van der Waals surface area contributed by atoms with Gasteiger partial charge in [-0.1, -0.05) is 30.7 Å². The average molecular weight is 441 g/mol. The van der Waals surface area contributed by atoms with Gasteiger partial charge < -0.3 is 15.0 Å². The van der Waals surface area contributed by atoms with Crippen molar-refractivity contribution in [2.24, 2.45) is 0 Å². The molecule has 2 aromatic rings. The Morgan fingerprint density at radius 1 is 1.06 bits per heavy atom. The summed E-state index contributed by atoms with van der Waals surface area (Å²) < 4.78 is 45.9. The average Bonchev–Trinajstić information content (AvgIpc) is 3.19. The van der Waals surface area contributed by atoms with Gasteiger partial charge in [0.25, 0.3) is 0 Å². The van der Waals surface area contributed by atoms with E-state index in [9.17, 15) is 13.2 Å². The Morgan fingerprint density at radius 2 is 1.72 bits per heavy atom. The topological polar surface area (TPSA) is 24.5 Å². The first kappa shape index (κ1) is 22.1. The lowest BCUT2D eigenvalue weighted by molar-refractivity contribution is -0.0941. The van der Waals surface area contributed by atoms with Crippen molar-refractivity contribution in [2.75, 3.05) is 11.4 Å². The summed E-state index contributed by atoms with van der Waals surface area (Å²) in [5.41, 5.74) is 2.32. The molecule has 0 amide bonds. The van der Waals surface area contributed by atoms with Crippen molar-refractivity contribution in [2.45, 2.75) is 45.3 Å². The maximum atomic E-state index is 13.3. The minimum Gasteiger partial charge on any atom is -0.457 e. The van der Waals surface area contributed by atoms with Crippen LogP contribution in [0.2, 0.25) is 0 Å². The van der Waals surface area contributed by atoms with E-state index in [1.807, 2.05) is 68.5 Å². The molecule has 32 heavy (non-hydrogen) atoms. The highest BCUT2D eigenvalue weighted by Gasteiger charge is 2.37. The van der Waals surface area contributed by atoms with E-state index in [4.69, 9.17) is 4.74 Å². The molecule has 4 rings (SSSR count). The van der Waals surface area contributed by atoms with Crippen molar-refractivity contribution in [3.05, 3.63) is 89.3 Å². The summed E-state index contributed by atoms with van der Waals surface area (Å²) in [7, 11) is 0. The van der Waals surface area contributed by atoms with Crippen LogP contribution in [0.3, 0.4) is 0 Å². The minimum absolute atomic E-state index is 0.0376. The first-order chi connectivity index (χ1) is 15.3. The van der Waals surface area contributed by atoms with Crippen LogP contribution < -0.4 is 15.0 Å². The number of halogens is 3. The van der Waals surface area contributed by atoms with Crippen LogP contribution >= 0.6 is 0 Å². The zero-order valence-corrected chi connectivity index (χ0v) is 18.2. The third-order valence-electron chi connectivity index (χ3n) is 5.70. The van der Waals surface area contributed by atoms with E-state index in [0.717, 1.165) is 29.2 Å². The molecule has 1 saturated heterocycles. The molecule has 0 saturated carbocycles. The van der Waals surface area contributed by atoms with Crippen LogP contribution in [0.4, 0.5) is 18.9 Å². The SMILES string of the molecule is CC/C=C1/NCC(C2=CCCC(C(F)(F)F)=C2)N1c1ccc(Oc2ccc(C)cc2)cc1. The molecule has 1 atom stereocenters. The molecule has 2 aromatic carbocycles. The van der Waals surface area contributed by atoms with Gasteiger partial charge in [-0.2, -0.15) is 13.2 Å². The molecule has 1 fully saturated rings. The Balaban J connectivity index is 1.60. The summed E-state index contributed by atoms with van der Waals surface area (Å²) in [5.74, 6) is 2.38. The Hall–Kier alpha value is -3.15. The Labute approximate surface area is 186 Å². The fraction of sp³-hybridized carbons (Fsp3) is 0.308. The van der Waals surface area contributed by atoms with Gasteiger partial charge >= 0.3 is 6.18 Å². The number of nitrogens with zero attached hydrogens (tertiary/aromatic N) is 1. The van der Waals surface area contributed by atoms with Crippen LogP contribution in [0.25, 0.3) is 0 Å². The van der Waals surface area contributed by atoms with E-state index in [1.54, 1.807) is 0 Å². The molecule has 168 valence electrons. The second-order valence-electron chi connectivity index (χ2n) is 8.08. The second-order valence-corrected chi connectivity index (χ2v) is 8.08. The largest absolute Gasteiger partial charge is 0.457 e. The molecule has 0 spiro atoms. The first-order valence-electron chi connectivity index (χ1n) is 10.9. The molecule has 3 nitrogen and oxygen atoms in total. The van der Waals surface area contributed by atoms with E-state index >= 15 is 0 Å². The Morgan fingerprint density at radius 3 is 2.34 bits per heavy atom. The number of ether oxygens (including phenoxy) is 1. The normalized spacial score (nSPS) is 20.1. The third-order valence-corrected chi connectivity index (χ3v) is 5.70. The number of benzene rings is 2. The van der Waals surface area contributed by atoms with Crippen LogP contribution in [-0.2, 0) is 0 Å². The van der Waals surface area contributed by atoms with Gasteiger partial charge in [-0.25, -0.2) is 0 Å². The molecule has 0 radical (unpaired) electrons. The molecule has 0 bridgehead atoms. The summed E-state index contributed by atoms with van der Waals surface area (Å²) in [6.07, 6.45) is 2.30. The van der Waals surface area contributed by atoms with Crippen molar-refractivity contribution in [1.29, 1.82) is 0 Å². The molecular formula is C26H27F3N2O. The van der Waals surface area contributed by atoms with Gasteiger partial charge in [0.2, 0.25) is 0 Å². The third kappa shape index (κ3) is 4.85. The van der Waals surface area contributed by atoms with Crippen molar-refractivity contribution in [3.63, 3.8) is 0 Å². The van der Waals surface area contributed by atoms with E-state index in [0.29, 0.717) is 24.3 Å². The maximum absolute atomic E-state index is 13.3. The number of rotatable bonds is 5. The lowest BCUT2D eigenvalue weighted by Gasteiger charge is -2.29. The van der Waals surface area contributed by atoms with Crippen LogP contribution in [0.15, 0.2) is 83.7 Å². The number of allylic oxidation sites excluding steroid dienone is 3. The fourth-order valence-electron chi connectivity index (χ4n) is 4.10. The van der Waals surface area contributed by atoms with Gasteiger partial charge in [-0.05, 0) is 80.3 Å². The summed E-state index contributed by atoms with van der Waals surface area (Å²) in [5, 5.41) is 3.37. The van der Waals surface area contributed by atoms with Crippen molar-refractivity contribution in [3.8, 4) is 11.5 Å². The Kier molecular flexibility index (Phi) is 6.31. The molecule has 6 heteroatoms. The monoisotopic (exact) mass is 440 g/mol. The number of hydrogen-bond acceptors (Lipinski definition) is 3. The second kappa shape index (κ2) is 9.15. The van der Waals surface area contributed by atoms with Gasteiger partial charge in [-0.15, -0.1) is 0 Å². The van der Waals surface area contributed by atoms with Crippen LogP contribution in [-0.4, -0.2) is 18.8 Å². The standard InChI is InChI=1S/C26H27F3N2O/c1-3-5-25-30-17-24(19-6-4-7-20(16-19)26(27,28)29)31(25)21-10-14-23(15-11-21)32-22-12-8-18(2)9-13-22/h5-6,8-16,24,30H,3-4,7,17H2,1-2H3/b25-5-. The highest BCUT2D eigenvalue weighted by molar-refractivity contribution is 5.60. The predicted molar refractivity (Wildman–Crippen MR) is 122 cm³/mol. The summed E-state index contributed by atoms with van der Waals surface area (Å²) in [6, 6.07) is 15.3. The van der Waals surface area contributed by atoms with E-state index < -0.39 is 11.7 Å². The molecule has 1 heterocycles. The van der Waals surface area contributed by atoms with Gasteiger partial charge in [0.05, 0.1) is 6.04 Å². The van der Waals surface area contributed by atoms with Crippen LogP contribution in [0.1, 0.15) is 31.7 Å². The molecular weight excluding hydrogens is 413 g/mol. The van der Waals surface area contributed by atoms with Crippen molar-refractivity contribution >= 4 is 5.69 Å². The maximum Gasteiger partial charge on any atom is 0.412 e. The molecule has 0 aromatic heterocycles. The van der Waals surface area contributed by atoms with Crippen LogP contribution in [0.5, 0.6) is 11.5 Å². The zero-order chi connectivity index (χ0) is 22.7. The van der Waals surface area contributed by atoms with Crippen LogP contribution in [0, 0.1) is 6.92 Å². The number of hydrogen-bond donors (Lipinski definition) is 1. The lowest BCUT2D eigenvalue weighted by atomic mass is 9.94. The van der Waals surface area contributed by atoms with E-state index in [2.05, 4.69) is 16.3 Å². The lowest BCUT2D eigenvalue weighted by Crippen LogP contribution is -2.32. The molecule has 1 aliphatic carbocycles. The first-order valence-corrected chi connectivity index (χ1v) is 10.9. The molecule has 2 aliphatic rings. The summed E-state index contributed by atoms with van der Waals surface area (Å²) in [6.45, 7) is 4.62. The number of alkyl halides is 3. The number of nitrogens with one attached hydrogen (secondary N) is 1. The molecule has 1 aliphatic heterocycles. The van der Waals surface area contributed by atoms with Gasteiger partial charge in [0, 0.05) is 17.8 Å². The van der Waals surface area contributed by atoms with Crippen molar-refractivity contribution < 1.29 is 17.9 Å². The van der Waals surface area contributed by atoms with Crippen molar-refractivity contribution in [1.82, 2.24) is 5.32 Å². The van der Waals surface area contributed by atoms with Gasteiger partial charge in [0.15, 0.2) is 0 Å². The smallest absolute Gasteiger partial charge is 0.412 e. The van der Waals surface area contributed by atoms with E-state index in [1.165, 1.54) is 6.08 Å². The summed E-state index contributed by atoms with van der Waals surface area (Å²) in [4.78, 5) is 2.08. The molecule has 1 unspecified atom stereocenters. The number of aryl methyl sites for hydroxylation is 1. The summed E-state index contributed by atoms with van der Waals surface area (Å²) >= 11 is 0. The fourth-order valence-corrected chi connectivity index (χ4v) is 4.10. The molecule has 1 N–H and O–H groups in total. The minimum atomic E-state index is -4.28. The van der Waals surface area contributed by atoms with Gasteiger partial charge in [0.1, 0.15) is 17.3 Å². The Bertz CT molecular complexity index is 1030. The highest BCUT2D eigenvalue weighted by Crippen LogP contribution is 2.37. The number of anilines is 1. The van der Waals surface area contributed by atoms with Gasteiger partial charge in [-0.3, -0.25) is 0 Å². The zero-order valence-electron chi connectivity index (χ0n) is 18.2. The predicted octanol–water partition coefficient (Wildman–Crippen LogP) is 7.03. The quantitative estimate of drug-likeness (QED) is 0.540. The highest BCUT2D eigenvalue weighted by atomic mass is 19.4.